The zero-order valence-corrected chi connectivity index (χ0v) is 10.9. The number of ether oxygens (including phenoxy) is 2. The third-order valence-corrected chi connectivity index (χ3v) is 3.14. The molecule has 1 unspecified atom stereocenters. The largest absolute Gasteiger partial charge is 0.496 e. The van der Waals surface area contributed by atoms with Crippen LogP contribution in [0.2, 0.25) is 0 Å². The van der Waals surface area contributed by atoms with Gasteiger partial charge in [0.05, 0.1) is 16.5 Å². The first kappa shape index (κ1) is 11.9. The van der Waals surface area contributed by atoms with E-state index in [1.165, 1.54) is 13.2 Å². The smallest absolute Gasteiger partial charge is 0.286 e. The summed E-state index contributed by atoms with van der Waals surface area (Å²) in [6, 6.07) is 3.45. The Morgan fingerprint density at radius 3 is 2.82 bits per heavy atom. The lowest BCUT2D eigenvalue weighted by Crippen LogP contribution is -2.23. The molecule has 1 atom stereocenters. The monoisotopic (exact) mass is 299 g/mol. The Morgan fingerprint density at radius 2 is 2.24 bits per heavy atom. The normalized spacial score (nSPS) is 17.8. The van der Waals surface area contributed by atoms with Crippen molar-refractivity contribution in [2.45, 2.75) is 13.0 Å². The van der Waals surface area contributed by atoms with Gasteiger partial charge in [0.2, 0.25) is 0 Å². The van der Waals surface area contributed by atoms with E-state index in [0.29, 0.717) is 17.1 Å². The maximum Gasteiger partial charge on any atom is 0.286 e. The van der Waals surface area contributed by atoms with Gasteiger partial charge < -0.3 is 9.47 Å². The van der Waals surface area contributed by atoms with Crippen LogP contribution >= 0.6 is 15.9 Å². The Balaban J connectivity index is 2.54. The van der Waals surface area contributed by atoms with Gasteiger partial charge in [-0.2, -0.15) is 0 Å². The van der Waals surface area contributed by atoms with E-state index in [-0.39, 0.29) is 5.70 Å². The first-order valence-electron chi connectivity index (χ1n) is 4.93. The Kier molecular flexibility index (Phi) is 3.06. The quantitative estimate of drug-likeness (QED) is 0.622. The molecule has 6 heteroatoms. The van der Waals surface area contributed by atoms with Crippen LogP contribution in [0.5, 0.6) is 11.5 Å². The average Bonchev–Trinajstić information content (AvgIpc) is 2.27. The van der Waals surface area contributed by atoms with Gasteiger partial charge >= 0.3 is 0 Å². The van der Waals surface area contributed by atoms with Crippen molar-refractivity contribution in [3.63, 3.8) is 0 Å². The van der Waals surface area contributed by atoms with Gasteiger partial charge in [-0.05, 0) is 35.0 Å². The van der Waals surface area contributed by atoms with Crippen LogP contribution in [-0.4, -0.2) is 18.1 Å². The van der Waals surface area contributed by atoms with E-state index >= 15 is 0 Å². The Bertz CT molecular complexity index is 512. The van der Waals surface area contributed by atoms with Crippen LogP contribution in [0.15, 0.2) is 22.3 Å². The number of fused-ring (bicyclic) bond motifs is 1. The molecule has 0 spiro atoms. The molecule has 0 aliphatic carbocycles. The lowest BCUT2D eigenvalue weighted by molar-refractivity contribution is -0.433. The minimum Gasteiger partial charge on any atom is -0.496 e. The molecule has 0 aromatic heterocycles. The summed E-state index contributed by atoms with van der Waals surface area (Å²) < 4.78 is 11.4. The molecule has 90 valence electrons. The predicted octanol–water partition coefficient (Wildman–Crippen LogP) is 2.86. The van der Waals surface area contributed by atoms with Crippen LogP contribution in [0.3, 0.4) is 0 Å². The molecule has 17 heavy (non-hydrogen) atoms. The molecule has 0 fully saturated rings. The van der Waals surface area contributed by atoms with E-state index in [4.69, 9.17) is 9.47 Å². The third kappa shape index (κ3) is 2.12. The highest BCUT2D eigenvalue weighted by Gasteiger charge is 2.28. The van der Waals surface area contributed by atoms with Crippen molar-refractivity contribution in [3.05, 3.63) is 38.0 Å². The number of methoxy groups -OCH3 is 1. The fourth-order valence-corrected chi connectivity index (χ4v) is 2.14. The summed E-state index contributed by atoms with van der Waals surface area (Å²) in [5, 5.41) is 10.8. The van der Waals surface area contributed by atoms with E-state index in [1.54, 1.807) is 19.1 Å². The molecule has 5 nitrogen and oxygen atoms in total. The molecule has 0 radical (unpaired) electrons. The molecule has 0 saturated heterocycles. The highest BCUT2D eigenvalue weighted by molar-refractivity contribution is 9.10. The van der Waals surface area contributed by atoms with Gasteiger partial charge in [0.15, 0.2) is 6.10 Å². The lowest BCUT2D eigenvalue weighted by atomic mass is 10.1. The molecule has 1 aliphatic rings. The maximum atomic E-state index is 10.8. The van der Waals surface area contributed by atoms with Gasteiger partial charge in [-0.15, -0.1) is 0 Å². The van der Waals surface area contributed by atoms with Crippen molar-refractivity contribution in [1.29, 1.82) is 0 Å². The predicted molar refractivity (Wildman–Crippen MR) is 65.8 cm³/mol. The second kappa shape index (κ2) is 4.37. The molecule has 1 aliphatic heterocycles. The molecule has 0 N–H and O–H groups in total. The summed E-state index contributed by atoms with van der Waals surface area (Å²) in [5.74, 6) is 1.22. The molecule has 0 saturated carbocycles. The van der Waals surface area contributed by atoms with Gasteiger partial charge in [-0.25, -0.2) is 0 Å². The minimum absolute atomic E-state index is 0.0434. The molecule has 1 heterocycles. The molecule has 1 aromatic rings. The standard InChI is InChI=1S/C11H10BrNO4/c1-6-9(13(14)15)3-7-4-11(16-2)8(12)5-10(7)17-6/h3-6H,1-2H3. The molecule has 0 amide bonds. The van der Waals surface area contributed by atoms with Gasteiger partial charge in [0.25, 0.3) is 5.70 Å². The van der Waals surface area contributed by atoms with Crippen LogP contribution in [0.4, 0.5) is 0 Å². The van der Waals surface area contributed by atoms with Crippen LogP contribution in [0.25, 0.3) is 6.08 Å². The number of benzene rings is 1. The van der Waals surface area contributed by atoms with E-state index in [0.717, 1.165) is 4.47 Å². The van der Waals surface area contributed by atoms with Crippen molar-refractivity contribution in [3.8, 4) is 11.5 Å². The van der Waals surface area contributed by atoms with Crippen molar-refractivity contribution in [1.82, 2.24) is 0 Å². The summed E-state index contributed by atoms with van der Waals surface area (Å²) in [5.41, 5.74) is 0.691. The van der Waals surface area contributed by atoms with E-state index in [9.17, 15) is 10.1 Å². The fourth-order valence-electron chi connectivity index (χ4n) is 1.65. The van der Waals surface area contributed by atoms with Crippen LogP contribution in [0.1, 0.15) is 12.5 Å². The second-order valence-electron chi connectivity index (χ2n) is 3.61. The van der Waals surface area contributed by atoms with Crippen LogP contribution < -0.4 is 9.47 Å². The molecule has 0 bridgehead atoms. The molecule has 2 rings (SSSR count). The fraction of sp³-hybridized carbons (Fsp3) is 0.273. The minimum atomic E-state index is -0.558. The lowest BCUT2D eigenvalue weighted by Gasteiger charge is -2.20. The number of halogens is 1. The van der Waals surface area contributed by atoms with Gasteiger partial charge in [-0.1, -0.05) is 0 Å². The van der Waals surface area contributed by atoms with E-state index in [1.807, 2.05) is 0 Å². The number of rotatable bonds is 2. The van der Waals surface area contributed by atoms with E-state index < -0.39 is 11.0 Å². The SMILES string of the molecule is COc1cc2c(cc1Br)OC(C)C([N+](=O)[O-])=C2. The number of hydrogen-bond donors (Lipinski definition) is 0. The van der Waals surface area contributed by atoms with Crippen molar-refractivity contribution in [2.75, 3.05) is 7.11 Å². The third-order valence-electron chi connectivity index (χ3n) is 2.52. The second-order valence-corrected chi connectivity index (χ2v) is 4.47. The van der Waals surface area contributed by atoms with Gasteiger partial charge in [0, 0.05) is 11.6 Å². The number of hydrogen-bond acceptors (Lipinski definition) is 4. The summed E-state index contributed by atoms with van der Waals surface area (Å²) in [6.07, 6.45) is 0.955. The highest BCUT2D eigenvalue weighted by Crippen LogP contribution is 2.37. The Hall–Kier alpha value is -1.56. The van der Waals surface area contributed by atoms with Crippen LogP contribution in [0, 0.1) is 10.1 Å². The molecule has 1 aromatic carbocycles. The molecular weight excluding hydrogens is 290 g/mol. The Labute approximate surface area is 106 Å². The van der Waals surface area contributed by atoms with Crippen molar-refractivity contribution < 1.29 is 14.4 Å². The van der Waals surface area contributed by atoms with Crippen LogP contribution in [-0.2, 0) is 0 Å². The first-order valence-corrected chi connectivity index (χ1v) is 5.72. The summed E-state index contributed by atoms with van der Waals surface area (Å²) in [7, 11) is 1.54. The average molecular weight is 300 g/mol. The van der Waals surface area contributed by atoms with Gasteiger partial charge in [0.1, 0.15) is 11.5 Å². The number of nitro groups is 1. The summed E-state index contributed by atoms with van der Waals surface area (Å²) in [6.45, 7) is 1.65. The zero-order chi connectivity index (χ0) is 12.6. The summed E-state index contributed by atoms with van der Waals surface area (Å²) >= 11 is 3.34. The first-order chi connectivity index (χ1) is 8.02. The molecular formula is C11H10BrNO4. The summed E-state index contributed by atoms with van der Waals surface area (Å²) in [4.78, 5) is 10.4. The van der Waals surface area contributed by atoms with Gasteiger partial charge in [-0.3, -0.25) is 10.1 Å². The Morgan fingerprint density at radius 1 is 1.53 bits per heavy atom. The maximum absolute atomic E-state index is 10.8. The van der Waals surface area contributed by atoms with Crippen molar-refractivity contribution in [2.24, 2.45) is 0 Å². The van der Waals surface area contributed by atoms with E-state index in [2.05, 4.69) is 15.9 Å². The zero-order valence-electron chi connectivity index (χ0n) is 9.27. The van der Waals surface area contributed by atoms with Crippen molar-refractivity contribution >= 4 is 22.0 Å². The topological polar surface area (TPSA) is 61.6 Å². The number of nitrogens with zero attached hydrogens (tertiary/aromatic N) is 1. The highest BCUT2D eigenvalue weighted by atomic mass is 79.9.